The molecule has 12 heavy (non-hydrogen) atoms. The van der Waals surface area contributed by atoms with Gasteiger partial charge in [0.25, 0.3) is 0 Å². The third-order valence-corrected chi connectivity index (χ3v) is 1.70. The van der Waals surface area contributed by atoms with E-state index in [1.807, 2.05) is 30.3 Å². The van der Waals surface area contributed by atoms with E-state index in [0.29, 0.717) is 0 Å². The number of rotatable bonds is 1. The van der Waals surface area contributed by atoms with Crippen LogP contribution in [0.1, 0.15) is 5.56 Å². The van der Waals surface area contributed by atoms with Gasteiger partial charge in [0.1, 0.15) is 0 Å². The molecule has 3 nitrogen and oxygen atoms in total. The van der Waals surface area contributed by atoms with Crippen LogP contribution in [0.15, 0.2) is 35.4 Å². The van der Waals surface area contributed by atoms with Crippen molar-refractivity contribution in [3.63, 3.8) is 0 Å². The van der Waals surface area contributed by atoms with E-state index in [0.717, 1.165) is 16.9 Å². The van der Waals surface area contributed by atoms with Crippen molar-refractivity contribution >= 4 is 17.6 Å². The summed E-state index contributed by atoms with van der Waals surface area (Å²) in [6.07, 6.45) is 3.49. The van der Waals surface area contributed by atoms with E-state index in [9.17, 15) is 0 Å². The highest BCUT2D eigenvalue weighted by molar-refractivity contribution is 5.89. The molecule has 1 aromatic rings. The predicted molar refractivity (Wildman–Crippen MR) is 49.5 cm³/mol. The van der Waals surface area contributed by atoms with E-state index < -0.39 is 0 Å². The number of anilines is 1. The van der Waals surface area contributed by atoms with Crippen molar-refractivity contribution in [1.82, 2.24) is 5.43 Å². The number of nitrogen functional groups attached to an aromatic ring is 1. The van der Waals surface area contributed by atoms with Crippen LogP contribution in [0, 0.1) is 0 Å². The molecule has 1 radical (unpaired) electrons. The molecule has 0 fully saturated rings. The van der Waals surface area contributed by atoms with E-state index in [1.165, 1.54) is 0 Å². The maximum atomic E-state index is 5.74. The fraction of sp³-hybridized carbons (Fsp3) is 0. The average molecular weight is 158 g/mol. The Balaban J connectivity index is 2.40. The lowest BCUT2D eigenvalue weighted by molar-refractivity contribution is 1.000. The second kappa shape index (κ2) is 2.70. The van der Waals surface area contributed by atoms with Gasteiger partial charge in [-0.25, -0.2) is 0 Å². The standard InChI is InChI=1S/C9H8N3/c10-8-4-2-1-3-7(8)9-5-6-11-12-9/h1-6H,10H2. The highest BCUT2D eigenvalue weighted by Gasteiger charge is 2.07. The van der Waals surface area contributed by atoms with Crippen molar-refractivity contribution in [3.8, 4) is 0 Å². The number of nitrogens with two attached hydrogens (primary N) is 1. The van der Waals surface area contributed by atoms with Gasteiger partial charge < -0.3 is 5.73 Å². The van der Waals surface area contributed by atoms with Crippen LogP contribution in [0.2, 0.25) is 0 Å². The van der Waals surface area contributed by atoms with Gasteiger partial charge in [-0.05, 0) is 12.1 Å². The molecule has 0 saturated heterocycles. The zero-order chi connectivity index (χ0) is 8.39. The molecule has 0 unspecified atom stereocenters. The van der Waals surface area contributed by atoms with Gasteiger partial charge in [-0.15, -0.1) is 0 Å². The van der Waals surface area contributed by atoms with E-state index in [1.54, 1.807) is 6.21 Å². The zero-order valence-corrected chi connectivity index (χ0v) is 6.44. The summed E-state index contributed by atoms with van der Waals surface area (Å²) in [5, 5.41) is 3.73. The molecule has 1 aliphatic rings. The third-order valence-electron chi connectivity index (χ3n) is 1.70. The normalized spacial score (nSPS) is 14.2. The molecule has 3 heteroatoms. The summed E-state index contributed by atoms with van der Waals surface area (Å²) in [6.45, 7) is 0. The first-order chi connectivity index (χ1) is 5.88. The molecular formula is C9H8N3. The molecule has 0 atom stereocenters. The largest absolute Gasteiger partial charge is 0.398 e. The fourth-order valence-electron chi connectivity index (χ4n) is 1.11. The number of hydrogen-bond donors (Lipinski definition) is 1. The molecule has 2 rings (SSSR count). The Bertz CT molecular complexity index is 353. The van der Waals surface area contributed by atoms with Gasteiger partial charge in [-0.2, -0.15) is 10.5 Å². The second-order valence-electron chi connectivity index (χ2n) is 2.50. The van der Waals surface area contributed by atoms with E-state index in [4.69, 9.17) is 5.73 Å². The molecule has 1 heterocycles. The van der Waals surface area contributed by atoms with Crippen molar-refractivity contribution in [2.24, 2.45) is 5.10 Å². The smallest absolute Gasteiger partial charge is 0.0965 e. The molecule has 0 saturated carbocycles. The number of benzene rings is 1. The van der Waals surface area contributed by atoms with Gasteiger partial charge >= 0.3 is 0 Å². The Labute approximate surface area is 70.6 Å². The van der Waals surface area contributed by atoms with Gasteiger partial charge in [0.2, 0.25) is 0 Å². The van der Waals surface area contributed by atoms with Crippen molar-refractivity contribution < 1.29 is 0 Å². The Morgan fingerprint density at radius 1 is 1.17 bits per heavy atom. The SMILES string of the molecule is Nc1ccccc1C1=CC=N[N]1. The van der Waals surface area contributed by atoms with Crippen molar-refractivity contribution in [2.75, 3.05) is 5.73 Å². The van der Waals surface area contributed by atoms with Gasteiger partial charge in [0, 0.05) is 11.3 Å². The first-order valence-corrected chi connectivity index (χ1v) is 3.67. The van der Waals surface area contributed by atoms with Crippen LogP contribution in [0.5, 0.6) is 0 Å². The van der Waals surface area contributed by atoms with E-state index >= 15 is 0 Å². The molecule has 0 spiro atoms. The van der Waals surface area contributed by atoms with Crippen LogP contribution < -0.4 is 11.2 Å². The van der Waals surface area contributed by atoms with Crippen LogP contribution in [0.25, 0.3) is 5.70 Å². The molecule has 59 valence electrons. The molecule has 0 aliphatic carbocycles. The van der Waals surface area contributed by atoms with Crippen LogP contribution in [-0.2, 0) is 0 Å². The minimum atomic E-state index is 0.734. The summed E-state index contributed by atoms with van der Waals surface area (Å²) < 4.78 is 0. The van der Waals surface area contributed by atoms with Crippen LogP contribution >= 0.6 is 0 Å². The number of allylic oxidation sites excluding steroid dienone is 1. The summed E-state index contributed by atoms with van der Waals surface area (Å²) >= 11 is 0. The molecule has 0 aromatic heterocycles. The second-order valence-corrected chi connectivity index (χ2v) is 2.50. The lowest BCUT2D eigenvalue weighted by atomic mass is 10.1. The topological polar surface area (TPSA) is 52.5 Å². The number of para-hydroxylation sites is 1. The van der Waals surface area contributed by atoms with Gasteiger partial charge in [-0.3, -0.25) is 0 Å². The lowest BCUT2D eigenvalue weighted by Crippen LogP contribution is -1.96. The Morgan fingerprint density at radius 3 is 2.67 bits per heavy atom. The highest BCUT2D eigenvalue weighted by atomic mass is 15.3. The Hall–Kier alpha value is -1.77. The van der Waals surface area contributed by atoms with Gasteiger partial charge in [0.05, 0.1) is 11.9 Å². The van der Waals surface area contributed by atoms with Crippen LogP contribution in [-0.4, -0.2) is 6.21 Å². The fourth-order valence-corrected chi connectivity index (χ4v) is 1.11. The van der Waals surface area contributed by atoms with Crippen molar-refractivity contribution in [3.05, 3.63) is 35.9 Å². The molecule has 0 amide bonds. The first-order valence-electron chi connectivity index (χ1n) is 3.67. The lowest BCUT2D eigenvalue weighted by Gasteiger charge is -2.02. The predicted octanol–water partition coefficient (Wildman–Crippen LogP) is 1.21. The molecular weight excluding hydrogens is 150 g/mol. The number of nitrogens with zero attached hydrogens (tertiary/aromatic N) is 2. The molecule has 1 aromatic carbocycles. The highest BCUT2D eigenvalue weighted by Crippen LogP contribution is 2.20. The number of hydrogen-bond acceptors (Lipinski definition) is 2. The minimum absolute atomic E-state index is 0.734. The quantitative estimate of drug-likeness (QED) is 0.614. The summed E-state index contributed by atoms with van der Waals surface area (Å²) in [4.78, 5) is 0. The maximum absolute atomic E-state index is 5.74. The minimum Gasteiger partial charge on any atom is -0.398 e. The summed E-state index contributed by atoms with van der Waals surface area (Å²) in [6, 6.07) is 7.61. The average Bonchev–Trinajstić information content (AvgIpc) is 2.57. The molecule has 0 bridgehead atoms. The Kier molecular flexibility index (Phi) is 1.55. The molecule has 1 aliphatic heterocycles. The first kappa shape index (κ1) is 6.91. The van der Waals surface area contributed by atoms with Gasteiger partial charge in [0.15, 0.2) is 0 Å². The van der Waals surface area contributed by atoms with E-state index in [2.05, 4.69) is 10.5 Å². The Morgan fingerprint density at radius 2 is 2.00 bits per heavy atom. The maximum Gasteiger partial charge on any atom is 0.0965 e. The zero-order valence-electron chi connectivity index (χ0n) is 6.44. The summed E-state index contributed by atoms with van der Waals surface area (Å²) in [7, 11) is 0. The van der Waals surface area contributed by atoms with Crippen molar-refractivity contribution in [2.45, 2.75) is 0 Å². The van der Waals surface area contributed by atoms with Gasteiger partial charge in [-0.1, -0.05) is 18.2 Å². The van der Waals surface area contributed by atoms with Crippen LogP contribution in [0.4, 0.5) is 5.69 Å². The molecule has 2 N–H and O–H groups in total. The summed E-state index contributed by atoms with van der Waals surface area (Å²) in [5.41, 5.74) is 12.2. The van der Waals surface area contributed by atoms with Crippen LogP contribution in [0.3, 0.4) is 0 Å². The van der Waals surface area contributed by atoms with E-state index in [-0.39, 0.29) is 0 Å². The third kappa shape index (κ3) is 1.05. The monoisotopic (exact) mass is 158 g/mol. The van der Waals surface area contributed by atoms with Crippen molar-refractivity contribution in [1.29, 1.82) is 0 Å². The summed E-state index contributed by atoms with van der Waals surface area (Å²) in [5.74, 6) is 0.